The molecule has 0 spiro atoms. The van der Waals surface area contributed by atoms with Gasteiger partial charge in [0, 0.05) is 45.1 Å². The van der Waals surface area contributed by atoms with Crippen molar-refractivity contribution in [2.75, 3.05) is 38.1 Å². The third-order valence-electron chi connectivity index (χ3n) is 3.33. The number of benzene rings is 1. The number of hydrogen-bond donors (Lipinski definition) is 2. The minimum Gasteiger partial charge on any atom is -0.508 e. The van der Waals surface area contributed by atoms with Gasteiger partial charge in [0.2, 0.25) is 0 Å². The molecule has 6 heteroatoms. The lowest BCUT2D eigenvalue weighted by atomic mass is 10.2. The predicted molar refractivity (Wildman–Crippen MR) is 79.7 cm³/mol. The average Bonchev–Trinajstić information content (AvgIpc) is 2.53. The van der Waals surface area contributed by atoms with Crippen LogP contribution in [0.4, 0.5) is 5.69 Å². The van der Waals surface area contributed by atoms with Gasteiger partial charge < -0.3 is 20.2 Å². The molecule has 1 aliphatic heterocycles. The van der Waals surface area contributed by atoms with E-state index in [4.69, 9.17) is 0 Å². The SMILES string of the molecule is CN(/C=C(/C#N)C(=O)N1CCNCC1)c1ccc(O)cc1. The van der Waals surface area contributed by atoms with Crippen molar-refractivity contribution in [3.8, 4) is 11.8 Å². The molecule has 1 heterocycles. The van der Waals surface area contributed by atoms with Crippen LogP contribution in [0.2, 0.25) is 0 Å². The second-order valence-electron chi connectivity index (χ2n) is 4.82. The first kappa shape index (κ1) is 14.9. The number of rotatable bonds is 3. The highest BCUT2D eigenvalue weighted by molar-refractivity contribution is 5.97. The molecule has 1 aromatic carbocycles. The van der Waals surface area contributed by atoms with E-state index in [-0.39, 0.29) is 17.2 Å². The number of nitrogens with zero attached hydrogens (tertiary/aromatic N) is 3. The molecular weight excluding hydrogens is 268 g/mol. The molecule has 2 N–H and O–H groups in total. The van der Waals surface area contributed by atoms with Gasteiger partial charge in [-0.2, -0.15) is 5.26 Å². The second-order valence-corrected chi connectivity index (χ2v) is 4.82. The largest absolute Gasteiger partial charge is 0.508 e. The Kier molecular flexibility index (Phi) is 4.80. The summed E-state index contributed by atoms with van der Waals surface area (Å²) in [7, 11) is 1.76. The quantitative estimate of drug-likeness (QED) is 0.630. The number of carbonyl (C=O) groups is 1. The van der Waals surface area contributed by atoms with E-state index in [1.165, 1.54) is 6.20 Å². The molecule has 1 fully saturated rings. The third kappa shape index (κ3) is 3.74. The zero-order valence-corrected chi connectivity index (χ0v) is 11.9. The topological polar surface area (TPSA) is 79.6 Å². The molecule has 6 nitrogen and oxygen atoms in total. The minimum absolute atomic E-state index is 0.104. The van der Waals surface area contributed by atoms with E-state index >= 15 is 0 Å². The number of piperazine rings is 1. The van der Waals surface area contributed by atoms with Crippen LogP contribution >= 0.6 is 0 Å². The summed E-state index contributed by atoms with van der Waals surface area (Å²) in [5, 5.41) is 21.7. The Morgan fingerprint density at radius 2 is 2.00 bits per heavy atom. The molecule has 0 radical (unpaired) electrons. The highest BCUT2D eigenvalue weighted by Crippen LogP contribution is 2.18. The van der Waals surface area contributed by atoms with E-state index in [0.29, 0.717) is 13.1 Å². The van der Waals surface area contributed by atoms with Crippen molar-refractivity contribution < 1.29 is 9.90 Å². The van der Waals surface area contributed by atoms with Gasteiger partial charge in [-0.3, -0.25) is 4.79 Å². The molecule has 1 amide bonds. The van der Waals surface area contributed by atoms with Crippen LogP contribution in [0.15, 0.2) is 36.0 Å². The van der Waals surface area contributed by atoms with Crippen molar-refractivity contribution in [1.29, 1.82) is 5.26 Å². The molecule has 0 atom stereocenters. The van der Waals surface area contributed by atoms with Gasteiger partial charge in [0.05, 0.1) is 0 Å². The molecule has 2 rings (SSSR count). The van der Waals surface area contributed by atoms with Crippen molar-refractivity contribution in [3.63, 3.8) is 0 Å². The number of aromatic hydroxyl groups is 1. The Labute approximate surface area is 123 Å². The minimum atomic E-state index is -0.246. The van der Waals surface area contributed by atoms with Crippen LogP contribution in [0, 0.1) is 11.3 Å². The zero-order chi connectivity index (χ0) is 15.2. The van der Waals surface area contributed by atoms with Gasteiger partial charge in [-0.25, -0.2) is 0 Å². The van der Waals surface area contributed by atoms with Crippen molar-refractivity contribution in [2.24, 2.45) is 0 Å². The van der Waals surface area contributed by atoms with E-state index in [2.05, 4.69) is 5.32 Å². The highest BCUT2D eigenvalue weighted by atomic mass is 16.3. The van der Waals surface area contributed by atoms with Crippen LogP contribution in [-0.4, -0.2) is 49.1 Å². The molecule has 0 bridgehead atoms. The maximum atomic E-state index is 12.3. The second kappa shape index (κ2) is 6.77. The summed E-state index contributed by atoms with van der Waals surface area (Å²) >= 11 is 0. The summed E-state index contributed by atoms with van der Waals surface area (Å²) in [6.45, 7) is 2.72. The maximum absolute atomic E-state index is 12.3. The summed E-state index contributed by atoms with van der Waals surface area (Å²) in [5.74, 6) is -0.0712. The lowest BCUT2D eigenvalue weighted by molar-refractivity contribution is -0.127. The molecule has 21 heavy (non-hydrogen) atoms. The highest BCUT2D eigenvalue weighted by Gasteiger charge is 2.20. The first-order chi connectivity index (χ1) is 10.1. The van der Waals surface area contributed by atoms with E-state index < -0.39 is 0 Å². The van der Waals surface area contributed by atoms with Crippen LogP contribution in [0.1, 0.15) is 0 Å². The molecule has 1 saturated heterocycles. The Balaban J connectivity index is 2.13. The number of nitriles is 1. The number of nitrogens with one attached hydrogen (secondary N) is 1. The van der Waals surface area contributed by atoms with Gasteiger partial charge >= 0.3 is 0 Å². The smallest absolute Gasteiger partial charge is 0.266 e. The number of carbonyl (C=O) groups excluding carboxylic acids is 1. The van der Waals surface area contributed by atoms with Crippen molar-refractivity contribution in [2.45, 2.75) is 0 Å². The fourth-order valence-electron chi connectivity index (χ4n) is 2.13. The van der Waals surface area contributed by atoms with Crippen LogP contribution in [-0.2, 0) is 4.79 Å². The van der Waals surface area contributed by atoms with E-state index in [9.17, 15) is 15.2 Å². The number of anilines is 1. The summed E-state index contributed by atoms with van der Waals surface area (Å²) in [4.78, 5) is 15.7. The average molecular weight is 286 g/mol. The fraction of sp³-hybridized carbons (Fsp3) is 0.333. The molecule has 110 valence electrons. The number of phenols is 1. The fourth-order valence-corrected chi connectivity index (χ4v) is 2.13. The predicted octanol–water partition coefficient (Wildman–Crippen LogP) is 0.668. The molecule has 0 unspecified atom stereocenters. The normalized spacial score (nSPS) is 15.4. The van der Waals surface area contributed by atoms with E-state index in [1.54, 1.807) is 41.1 Å². The third-order valence-corrected chi connectivity index (χ3v) is 3.33. The molecule has 0 aliphatic carbocycles. The Bertz CT molecular complexity index is 568. The van der Waals surface area contributed by atoms with E-state index in [0.717, 1.165) is 18.8 Å². The zero-order valence-electron chi connectivity index (χ0n) is 11.9. The Hall–Kier alpha value is -2.52. The van der Waals surface area contributed by atoms with Crippen molar-refractivity contribution >= 4 is 11.6 Å². The van der Waals surface area contributed by atoms with Gasteiger partial charge in [-0.15, -0.1) is 0 Å². The molecule has 0 saturated carbocycles. The molecular formula is C15H18N4O2. The van der Waals surface area contributed by atoms with Crippen LogP contribution < -0.4 is 10.2 Å². The van der Waals surface area contributed by atoms with Gasteiger partial charge in [0.25, 0.3) is 5.91 Å². The monoisotopic (exact) mass is 286 g/mol. The van der Waals surface area contributed by atoms with E-state index in [1.807, 2.05) is 6.07 Å². The lowest BCUT2D eigenvalue weighted by Gasteiger charge is -2.27. The number of hydrogen-bond acceptors (Lipinski definition) is 5. The number of phenolic OH excluding ortho intramolecular Hbond substituents is 1. The first-order valence-electron chi connectivity index (χ1n) is 6.75. The molecule has 0 aromatic heterocycles. The van der Waals surface area contributed by atoms with Crippen molar-refractivity contribution in [3.05, 3.63) is 36.0 Å². The van der Waals surface area contributed by atoms with Gasteiger partial charge in [0.1, 0.15) is 17.4 Å². The van der Waals surface area contributed by atoms with Gasteiger partial charge in [-0.05, 0) is 24.3 Å². The summed E-state index contributed by atoms with van der Waals surface area (Å²) in [6, 6.07) is 8.53. The first-order valence-corrected chi connectivity index (χ1v) is 6.75. The number of amides is 1. The Morgan fingerprint density at radius 3 is 2.57 bits per heavy atom. The molecule has 1 aromatic rings. The summed E-state index contributed by atoms with van der Waals surface area (Å²) < 4.78 is 0. The summed E-state index contributed by atoms with van der Waals surface area (Å²) in [5.41, 5.74) is 0.890. The van der Waals surface area contributed by atoms with Gasteiger partial charge in [0.15, 0.2) is 0 Å². The Morgan fingerprint density at radius 1 is 1.38 bits per heavy atom. The lowest BCUT2D eigenvalue weighted by Crippen LogP contribution is -2.46. The van der Waals surface area contributed by atoms with Crippen molar-refractivity contribution in [1.82, 2.24) is 10.2 Å². The van der Waals surface area contributed by atoms with Crippen LogP contribution in [0.3, 0.4) is 0 Å². The summed E-state index contributed by atoms with van der Waals surface area (Å²) in [6.07, 6.45) is 1.52. The standard InChI is InChI=1S/C15H18N4O2/c1-18(13-2-4-14(20)5-3-13)11-12(10-16)15(21)19-8-6-17-7-9-19/h2-5,11,17,20H,6-9H2,1H3/b12-11-. The van der Waals surface area contributed by atoms with Crippen LogP contribution in [0.25, 0.3) is 0 Å². The van der Waals surface area contributed by atoms with Crippen LogP contribution in [0.5, 0.6) is 5.75 Å². The van der Waals surface area contributed by atoms with Gasteiger partial charge in [-0.1, -0.05) is 0 Å². The molecule has 1 aliphatic rings. The maximum Gasteiger partial charge on any atom is 0.266 e.